The Morgan fingerprint density at radius 2 is 2.19 bits per heavy atom. The number of nitrogens with zero attached hydrogens (tertiary/aromatic N) is 1. The van der Waals surface area contributed by atoms with Crippen LogP contribution in [0.2, 0.25) is 0 Å². The number of hydrogen-bond donors (Lipinski definition) is 2. The molecular weight excluding hydrogens is 204 g/mol. The van der Waals surface area contributed by atoms with Crippen molar-refractivity contribution >= 4 is 11.5 Å². The van der Waals surface area contributed by atoms with Crippen LogP contribution >= 0.6 is 0 Å². The number of hydrogen-bond acceptors (Lipinski definition) is 4. The fraction of sp³-hybridized carbons (Fsp3) is 0.417. The number of nitrogens with one attached hydrogen (secondary N) is 1. The summed E-state index contributed by atoms with van der Waals surface area (Å²) >= 11 is 0. The van der Waals surface area contributed by atoms with Gasteiger partial charge >= 0.3 is 0 Å². The molecule has 1 aliphatic rings. The summed E-state index contributed by atoms with van der Waals surface area (Å²) in [5, 5.41) is 12.1. The summed E-state index contributed by atoms with van der Waals surface area (Å²) < 4.78 is 0. The molecule has 0 bridgehead atoms. The minimum atomic E-state index is -0.393. The van der Waals surface area contributed by atoms with Crippen LogP contribution < -0.4 is 10.2 Å². The van der Waals surface area contributed by atoms with E-state index in [0.29, 0.717) is 6.54 Å². The fourth-order valence-corrected chi connectivity index (χ4v) is 2.03. The molecule has 2 N–H and O–H groups in total. The van der Waals surface area contributed by atoms with Crippen molar-refractivity contribution in [2.24, 2.45) is 0 Å². The summed E-state index contributed by atoms with van der Waals surface area (Å²) in [6, 6.07) is 9.59. The van der Waals surface area contributed by atoms with E-state index in [2.05, 4.69) is 10.2 Å². The third-order valence-corrected chi connectivity index (χ3v) is 2.86. The number of piperazine rings is 1. The lowest BCUT2D eigenvalue weighted by Gasteiger charge is -2.36. The van der Waals surface area contributed by atoms with E-state index in [4.69, 9.17) is 5.11 Å². The highest BCUT2D eigenvalue weighted by Crippen LogP contribution is 2.18. The van der Waals surface area contributed by atoms with Crippen molar-refractivity contribution in [3.63, 3.8) is 0 Å². The van der Waals surface area contributed by atoms with Gasteiger partial charge in [-0.3, -0.25) is 4.79 Å². The minimum absolute atomic E-state index is 0.129. The Morgan fingerprint density at radius 1 is 1.44 bits per heavy atom. The topological polar surface area (TPSA) is 52.6 Å². The second-order valence-corrected chi connectivity index (χ2v) is 3.87. The maximum Gasteiger partial charge on any atom is 0.181 e. The normalized spacial score (nSPS) is 20.8. The van der Waals surface area contributed by atoms with Crippen molar-refractivity contribution in [1.82, 2.24) is 5.32 Å². The Kier molecular flexibility index (Phi) is 3.54. The highest BCUT2D eigenvalue weighted by molar-refractivity contribution is 5.88. The van der Waals surface area contributed by atoms with Gasteiger partial charge in [0, 0.05) is 25.3 Å². The quantitative estimate of drug-likeness (QED) is 0.754. The Morgan fingerprint density at radius 3 is 2.88 bits per heavy atom. The first-order chi connectivity index (χ1) is 7.83. The Balaban J connectivity index is 2.20. The standard InChI is InChI=1S/C12H16N2O2/c15-9-12(16)11-8-13-6-7-14(11)10-4-2-1-3-5-10/h1-5,11,13,15H,6-9H2. The second-order valence-electron chi connectivity index (χ2n) is 3.87. The zero-order valence-corrected chi connectivity index (χ0v) is 9.10. The average molecular weight is 220 g/mol. The predicted octanol–water partition coefficient (Wildman–Crippen LogP) is 0.0262. The molecule has 1 aliphatic heterocycles. The zero-order valence-electron chi connectivity index (χ0n) is 9.10. The van der Waals surface area contributed by atoms with Gasteiger partial charge in [0.2, 0.25) is 0 Å². The van der Waals surface area contributed by atoms with Crippen LogP contribution in [0.5, 0.6) is 0 Å². The number of anilines is 1. The Hall–Kier alpha value is -1.39. The molecule has 0 spiro atoms. The second kappa shape index (κ2) is 5.09. The molecule has 1 aromatic rings. The molecule has 86 valence electrons. The number of aliphatic hydroxyl groups excluding tert-OH is 1. The number of para-hydroxylation sites is 1. The number of Topliss-reactive ketones (excluding diaryl/α,β-unsaturated/α-hetero) is 1. The monoisotopic (exact) mass is 220 g/mol. The summed E-state index contributed by atoms with van der Waals surface area (Å²) in [5.74, 6) is -0.129. The number of aliphatic hydroxyl groups is 1. The zero-order chi connectivity index (χ0) is 11.4. The van der Waals surface area contributed by atoms with Crippen molar-refractivity contribution in [2.75, 3.05) is 31.1 Å². The van der Waals surface area contributed by atoms with Gasteiger partial charge in [0.1, 0.15) is 12.6 Å². The lowest BCUT2D eigenvalue weighted by atomic mass is 10.1. The number of carbonyl (C=O) groups excluding carboxylic acids is 1. The van der Waals surface area contributed by atoms with Crippen LogP contribution in [0.1, 0.15) is 0 Å². The van der Waals surface area contributed by atoms with Crippen molar-refractivity contribution in [2.45, 2.75) is 6.04 Å². The van der Waals surface area contributed by atoms with E-state index >= 15 is 0 Å². The summed E-state index contributed by atoms with van der Waals surface area (Å²) in [7, 11) is 0. The molecule has 1 saturated heterocycles. The lowest BCUT2D eigenvalue weighted by molar-refractivity contribution is -0.123. The molecule has 16 heavy (non-hydrogen) atoms. The van der Waals surface area contributed by atoms with Crippen molar-refractivity contribution < 1.29 is 9.90 Å². The van der Waals surface area contributed by atoms with E-state index in [-0.39, 0.29) is 11.8 Å². The van der Waals surface area contributed by atoms with Gasteiger partial charge < -0.3 is 15.3 Å². The van der Waals surface area contributed by atoms with Crippen molar-refractivity contribution in [3.05, 3.63) is 30.3 Å². The summed E-state index contributed by atoms with van der Waals surface area (Å²) in [4.78, 5) is 13.7. The molecule has 0 radical (unpaired) electrons. The van der Waals surface area contributed by atoms with E-state index in [1.165, 1.54) is 0 Å². The minimum Gasteiger partial charge on any atom is -0.388 e. The molecule has 4 nitrogen and oxygen atoms in total. The van der Waals surface area contributed by atoms with Crippen LogP contribution in [0.15, 0.2) is 30.3 Å². The lowest BCUT2D eigenvalue weighted by Crippen LogP contribution is -2.55. The van der Waals surface area contributed by atoms with E-state index in [1.54, 1.807) is 0 Å². The molecule has 0 aliphatic carbocycles. The summed E-state index contributed by atoms with van der Waals surface area (Å²) in [6.07, 6.45) is 0. The molecule has 0 amide bonds. The smallest absolute Gasteiger partial charge is 0.181 e. The van der Waals surface area contributed by atoms with Crippen LogP contribution in [-0.4, -0.2) is 43.2 Å². The Bertz CT molecular complexity index is 353. The van der Waals surface area contributed by atoms with Gasteiger partial charge in [0.05, 0.1) is 0 Å². The van der Waals surface area contributed by atoms with Gasteiger partial charge in [-0.2, -0.15) is 0 Å². The van der Waals surface area contributed by atoms with Gasteiger partial charge in [0.15, 0.2) is 5.78 Å². The molecule has 1 atom stereocenters. The molecule has 0 saturated carbocycles. The molecule has 2 rings (SSSR count). The molecule has 1 heterocycles. The SMILES string of the molecule is O=C(CO)C1CNCCN1c1ccccc1. The first kappa shape index (κ1) is 11.1. The van der Waals surface area contributed by atoms with Gasteiger partial charge in [0.25, 0.3) is 0 Å². The maximum absolute atomic E-state index is 11.6. The molecule has 0 aromatic heterocycles. The third kappa shape index (κ3) is 2.23. The van der Waals surface area contributed by atoms with Gasteiger partial charge in [-0.15, -0.1) is 0 Å². The van der Waals surface area contributed by atoms with Gasteiger partial charge in [-0.1, -0.05) is 18.2 Å². The molecule has 1 fully saturated rings. The van der Waals surface area contributed by atoms with Crippen LogP contribution in [0.25, 0.3) is 0 Å². The van der Waals surface area contributed by atoms with Crippen LogP contribution in [0.4, 0.5) is 5.69 Å². The van der Waals surface area contributed by atoms with E-state index in [9.17, 15) is 4.79 Å². The number of carbonyl (C=O) groups is 1. The summed E-state index contributed by atoms with van der Waals surface area (Å²) in [5.41, 5.74) is 1.04. The van der Waals surface area contributed by atoms with E-state index < -0.39 is 6.61 Å². The molecule has 1 aromatic carbocycles. The van der Waals surface area contributed by atoms with Crippen LogP contribution in [0.3, 0.4) is 0 Å². The largest absolute Gasteiger partial charge is 0.388 e. The first-order valence-electron chi connectivity index (χ1n) is 5.49. The molecule has 4 heteroatoms. The number of benzene rings is 1. The van der Waals surface area contributed by atoms with E-state index in [1.807, 2.05) is 30.3 Å². The highest BCUT2D eigenvalue weighted by Gasteiger charge is 2.27. The highest BCUT2D eigenvalue weighted by atomic mass is 16.3. The number of ketones is 1. The number of rotatable bonds is 3. The fourth-order valence-electron chi connectivity index (χ4n) is 2.03. The third-order valence-electron chi connectivity index (χ3n) is 2.86. The predicted molar refractivity (Wildman–Crippen MR) is 62.5 cm³/mol. The van der Waals surface area contributed by atoms with Gasteiger partial charge in [-0.05, 0) is 12.1 Å². The van der Waals surface area contributed by atoms with Crippen molar-refractivity contribution in [3.8, 4) is 0 Å². The summed E-state index contributed by atoms with van der Waals surface area (Å²) in [6.45, 7) is 1.87. The molecule has 1 unspecified atom stereocenters. The Labute approximate surface area is 94.9 Å². The van der Waals surface area contributed by atoms with E-state index in [0.717, 1.165) is 18.8 Å². The van der Waals surface area contributed by atoms with Crippen molar-refractivity contribution in [1.29, 1.82) is 0 Å². The molecular formula is C12H16N2O2. The average Bonchev–Trinajstić information content (AvgIpc) is 2.39. The first-order valence-corrected chi connectivity index (χ1v) is 5.49. The van der Waals surface area contributed by atoms with Crippen LogP contribution in [-0.2, 0) is 4.79 Å². The van der Waals surface area contributed by atoms with Crippen LogP contribution in [0, 0.1) is 0 Å². The van der Waals surface area contributed by atoms with Gasteiger partial charge in [-0.25, -0.2) is 0 Å². The maximum atomic E-state index is 11.6.